The normalized spacial score (nSPS) is 41.3. The summed E-state index contributed by atoms with van der Waals surface area (Å²) in [6, 6.07) is 4.03. The third-order valence-electron chi connectivity index (χ3n) is 7.58. The molecule has 2 saturated carbocycles. The minimum atomic E-state index is 0.568. The van der Waals surface area contributed by atoms with E-state index in [0.717, 1.165) is 17.8 Å². The van der Waals surface area contributed by atoms with E-state index in [4.69, 9.17) is 0 Å². The van der Waals surface area contributed by atoms with Crippen molar-refractivity contribution in [2.24, 2.45) is 23.2 Å². The molecule has 0 amide bonds. The molecule has 2 fully saturated rings. The van der Waals surface area contributed by atoms with E-state index in [1.54, 1.807) is 0 Å². The van der Waals surface area contributed by atoms with Gasteiger partial charge < -0.3 is 5.11 Å². The van der Waals surface area contributed by atoms with Crippen molar-refractivity contribution in [2.45, 2.75) is 65.2 Å². The van der Waals surface area contributed by atoms with E-state index in [1.165, 1.54) is 55.2 Å². The number of hydrogen-bond donors (Lipinski definition) is 1. The Labute approximate surface area is 128 Å². The van der Waals surface area contributed by atoms with Crippen molar-refractivity contribution < 1.29 is 5.11 Å². The Morgan fingerprint density at radius 2 is 1.95 bits per heavy atom. The van der Waals surface area contributed by atoms with Gasteiger partial charge in [0.25, 0.3) is 0 Å². The fourth-order valence-corrected chi connectivity index (χ4v) is 6.13. The summed E-state index contributed by atoms with van der Waals surface area (Å²) in [4.78, 5) is 0. The highest BCUT2D eigenvalue weighted by atomic mass is 16.3. The van der Waals surface area contributed by atoms with Crippen LogP contribution in [-0.2, 0) is 6.42 Å². The lowest BCUT2D eigenvalue weighted by atomic mass is 9.54. The quantitative estimate of drug-likeness (QED) is 0.695. The molecular formula is C20H28O. The van der Waals surface area contributed by atoms with Gasteiger partial charge in [0.15, 0.2) is 0 Å². The van der Waals surface area contributed by atoms with Crippen LogP contribution in [0.4, 0.5) is 0 Å². The van der Waals surface area contributed by atoms with Gasteiger partial charge in [-0.15, -0.1) is 0 Å². The molecule has 0 aromatic heterocycles. The van der Waals surface area contributed by atoms with Crippen molar-refractivity contribution in [3.63, 3.8) is 0 Å². The zero-order valence-electron chi connectivity index (χ0n) is 13.7. The van der Waals surface area contributed by atoms with Crippen LogP contribution in [0, 0.1) is 30.1 Å². The Hall–Kier alpha value is -0.980. The van der Waals surface area contributed by atoms with Crippen LogP contribution >= 0.6 is 0 Å². The third-order valence-corrected chi connectivity index (χ3v) is 7.58. The average Bonchev–Trinajstić information content (AvgIpc) is 2.78. The van der Waals surface area contributed by atoms with Crippen molar-refractivity contribution in [2.75, 3.05) is 0 Å². The van der Waals surface area contributed by atoms with Crippen LogP contribution in [-0.4, -0.2) is 5.11 Å². The molecule has 1 N–H and O–H groups in total. The summed E-state index contributed by atoms with van der Waals surface area (Å²) in [5.74, 6) is 3.78. The van der Waals surface area contributed by atoms with E-state index in [1.807, 2.05) is 6.07 Å². The molecular weight excluding hydrogens is 256 g/mol. The number of aryl methyl sites for hydroxylation is 1. The van der Waals surface area contributed by atoms with Gasteiger partial charge in [0.05, 0.1) is 0 Å². The van der Waals surface area contributed by atoms with E-state index in [9.17, 15) is 5.11 Å². The second-order valence-electron chi connectivity index (χ2n) is 8.23. The predicted molar refractivity (Wildman–Crippen MR) is 86.6 cm³/mol. The van der Waals surface area contributed by atoms with Gasteiger partial charge in [-0.25, -0.2) is 0 Å². The second-order valence-corrected chi connectivity index (χ2v) is 8.23. The predicted octanol–water partition coefficient (Wildman–Crippen LogP) is 5.19. The first kappa shape index (κ1) is 13.7. The second kappa shape index (κ2) is 4.51. The van der Waals surface area contributed by atoms with Crippen LogP contribution in [0.25, 0.3) is 0 Å². The lowest BCUT2D eigenvalue weighted by Crippen LogP contribution is -2.41. The van der Waals surface area contributed by atoms with Crippen molar-refractivity contribution in [1.29, 1.82) is 0 Å². The Morgan fingerprint density at radius 1 is 1.14 bits per heavy atom. The Bertz CT molecular complexity index is 575. The molecule has 0 bridgehead atoms. The fraction of sp³-hybridized carbons (Fsp3) is 0.700. The smallest absolute Gasteiger partial charge is 0.119 e. The Morgan fingerprint density at radius 3 is 2.76 bits per heavy atom. The minimum absolute atomic E-state index is 0.568. The summed E-state index contributed by atoms with van der Waals surface area (Å²) in [6.45, 7) is 7.24. The van der Waals surface area contributed by atoms with Crippen molar-refractivity contribution in [3.8, 4) is 5.75 Å². The number of fused-ring (bicyclic) bond motifs is 5. The molecule has 0 spiro atoms. The fourth-order valence-electron chi connectivity index (χ4n) is 6.13. The number of phenolic OH excluding ortho intramolecular Hbond substituents is 1. The first-order chi connectivity index (χ1) is 10.0. The molecule has 3 aliphatic rings. The van der Waals surface area contributed by atoms with Crippen molar-refractivity contribution in [1.82, 2.24) is 0 Å². The van der Waals surface area contributed by atoms with Crippen LogP contribution in [0.15, 0.2) is 12.1 Å². The van der Waals surface area contributed by atoms with E-state index in [2.05, 4.69) is 26.8 Å². The van der Waals surface area contributed by atoms with Crippen LogP contribution < -0.4 is 0 Å². The number of phenols is 1. The van der Waals surface area contributed by atoms with Gasteiger partial charge in [0, 0.05) is 5.56 Å². The van der Waals surface area contributed by atoms with Gasteiger partial charge in [-0.1, -0.05) is 19.9 Å². The monoisotopic (exact) mass is 284 g/mol. The maximum atomic E-state index is 10.5. The molecule has 21 heavy (non-hydrogen) atoms. The first-order valence-electron chi connectivity index (χ1n) is 8.83. The Balaban J connectivity index is 1.77. The number of hydrogen-bond acceptors (Lipinski definition) is 1. The molecule has 0 aliphatic heterocycles. The molecule has 0 saturated heterocycles. The summed E-state index contributed by atoms with van der Waals surface area (Å²) < 4.78 is 0. The van der Waals surface area contributed by atoms with E-state index < -0.39 is 0 Å². The van der Waals surface area contributed by atoms with E-state index >= 15 is 0 Å². The molecule has 1 heteroatoms. The highest BCUT2D eigenvalue weighted by Gasteiger charge is 2.53. The molecule has 3 aliphatic carbocycles. The first-order valence-corrected chi connectivity index (χ1v) is 8.83. The average molecular weight is 284 g/mol. The molecule has 0 heterocycles. The number of rotatable bonds is 0. The number of aromatic hydroxyl groups is 1. The maximum Gasteiger partial charge on any atom is 0.119 e. The molecule has 0 radical (unpaired) electrons. The van der Waals surface area contributed by atoms with Gasteiger partial charge in [-0.05, 0) is 91.7 Å². The summed E-state index contributed by atoms with van der Waals surface area (Å²) in [6.07, 6.45) is 7.99. The van der Waals surface area contributed by atoms with Crippen LogP contribution in [0.1, 0.15) is 68.6 Å². The standard InChI is InChI=1S/C20H28O/c1-12-4-9-18(21)19-14(12)6-7-15-16(19)10-11-20(3)13(2)5-8-17(15)20/h4,9,13,15-17,21H,5-8,10-11H2,1-3H3/t13?,15?,16?,17?,20-/m1/s1. The van der Waals surface area contributed by atoms with Gasteiger partial charge in [-0.2, -0.15) is 0 Å². The third kappa shape index (κ3) is 1.76. The van der Waals surface area contributed by atoms with Crippen LogP contribution in [0.3, 0.4) is 0 Å². The van der Waals surface area contributed by atoms with Crippen molar-refractivity contribution >= 4 is 0 Å². The van der Waals surface area contributed by atoms with Gasteiger partial charge in [-0.3, -0.25) is 0 Å². The molecule has 4 unspecified atom stereocenters. The molecule has 1 aromatic carbocycles. The maximum absolute atomic E-state index is 10.5. The van der Waals surface area contributed by atoms with E-state index in [-0.39, 0.29) is 0 Å². The molecule has 1 aromatic rings. The summed E-state index contributed by atoms with van der Waals surface area (Å²) in [5.41, 5.74) is 4.74. The highest BCUT2D eigenvalue weighted by Crippen LogP contribution is 2.63. The summed E-state index contributed by atoms with van der Waals surface area (Å²) >= 11 is 0. The van der Waals surface area contributed by atoms with Gasteiger partial charge in [0.2, 0.25) is 0 Å². The van der Waals surface area contributed by atoms with Crippen LogP contribution in [0.2, 0.25) is 0 Å². The Kier molecular flexibility index (Phi) is 2.93. The van der Waals surface area contributed by atoms with Crippen LogP contribution in [0.5, 0.6) is 5.75 Å². The zero-order chi connectivity index (χ0) is 14.8. The van der Waals surface area contributed by atoms with Crippen molar-refractivity contribution in [3.05, 3.63) is 28.8 Å². The molecule has 114 valence electrons. The molecule has 5 atom stereocenters. The molecule has 1 nitrogen and oxygen atoms in total. The largest absolute Gasteiger partial charge is 0.508 e. The topological polar surface area (TPSA) is 20.2 Å². The zero-order valence-corrected chi connectivity index (χ0v) is 13.7. The van der Waals surface area contributed by atoms with Gasteiger partial charge >= 0.3 is 0 Å². The number of benzene rings is 1. The highest BCUT2D eigenvalue weighted by molar-refractivity contribution is 5.48. The minimum Gasteiger partial charge on any atom is -0.508 e. The SMILES string of the molecule is Cc1ccc(O)c2c1CCC1C2CC[C@]2(C)C(C)CCC12. The van der Waals surface area contributed by atoms with Gasteiger partial charge in [0.1, 0.15) is 5.75 Å². The van der Waals surface area contributed by atoms with E-state index in [0.29, 0.717) is 17.1 Å². The lowest BCUT2D eigenvalue weighted by Gasteiger charge is -2.51. The molecule has 4 rings (SSSR count). The summed E-state index contributed by atoms with van der Waals surface area (Å²) in [7, 11) is 0. The summed E-state index contributed by atoms with van der Waals surface area (Å²) in [5, 5.41) is 10.5. The lowest BCUT2D eigenvalue weighted by molar-refractivity contribution is 0.0329.